The van der Waals surface area contributed by atoms with Crippen molar-refractivity contribution in [3.63, 3.8) is 0 Å². The second kappa shape index (κ2) is 5.62. The van der Waals surface area contributed by atoms with Gasteiger partial charge < -0.3 is 20.1 Å². The van der Waals surface area contributed by atoms with Crippen molar-refractivity contribution in [1.29, 1.82) is 0 Å². The summed E-state index contributed by atoms with van der Waals surface area (Å²) in [5.74, 6) is -1.65. The van der Waals surface area contributed by atoms with Crippen LogP contribution in [-0.2, 0) is 9.53 Å². The van der Waals surface area contributed by atoms with E-state index >= 15 is 0 Å². The molecule has 1 aliphatic rings. The number of rotatable bonds is 1. The molecule has 1 heterocycles. The van der Waals surface area contributed by atoms with Crippen LogP contribution in [0.3, 0.4) is 0 Å². The van der Waals surface area contributed by atoms with Crippen LogP contribution in [0.4, 0.5) is 0 Å². The van der Waals surface area contributed by atoms with Gasteiger partial charge in [-0.25, -0.2) is 4.79 Å². The summed E-state index contributed by atoms with van der Waals surface area (Å²) < 4.78 is 4.73. The zero-order chi connectivity index (χ0) is 9.30. The Morgan fingerprint density at radius 1 is 1.46 bits per heavy atom. The fourth-order valence-electron chi connectivity index (χ4n) is 1.17. The fraction of sp³-hybridized carbons (Fsp3) is 0.857. The van der Waals surface area contributed by atoms with Crippen molar-refractivity contribution in [2.24, 2.45) is 5.92 Å². The van der Waals surface area contributed by atoms with Crippen LogP contribution in [0.2, 0.25) is 0 Å². The van der Waals surface area contributed by atoms with E-state index in [1.54, 1.807) is 6.92 Å². The monoisotopic (exact) mass is 403 g/mol. The van der Waals surface area contributed by atoms with Gasteiger partial charge >= 0.3 is 5.97 Å². The number of aliphatic hydroxyl groups excluding tert-OH is 2. The van der Waals surface area contributed by atoms with Crippen molar-refractivity contribution >= 4 is 5.97 Å². The summed E-state index contributed by atoms with van der Waals surface area (Å²) in [5.41, 5.74) is 0. The molecular weight excluding hydrogens is 391 g/mol. The molecule has 1 fully saturated rings. The third-order valence-electron chi connectivity index (χ3n) is 2.15. The molecule has 0 spiro atoms. The number of ether oxygens (including phenoxy) is 1. The standard InChI is InChI=1S/C7H12O5.Ac/c1-3-4(8)2-12-6(5(3)9)7(10)11;/h3-6,8-9H,2H2,1H3,(H,10,11);/t3?,4?,5-,6?;/m1./s1. The maximum Gasteiger partial charge on any atom is 0.335 e. The molecule has 0 aromatic heterocycles. The Hall–Kier alpha value is 0.792. The van der Waals surface area contributed by atoms with Crippen LogP contribution in [-0.4, -0.2) is 46.2 Å². The van der Waals surface area contributed by atoms with E-state index in [1.165, 1.54) is 0 Å². The molecule has 1 rings (SSSR count). The van der Waals surface area contributed by atoms with E-state index in [0.29, 0.717) is 0 Å². The van der Waals surface area contributed by atoms with Crippen molar-refractivity contribution in [3.8, 4) is 0 Å². The first kappa shape index (κ1) is 13.8. The average Bonchev–Trinajstić information content (AvgIpc) is 2.00. The number of aliphatic hydroxyl groups is 2. The van der Waals surface area contributed by atoms with Crippen LogP contribution in [0.15, 0.2) is 0 Å². The van der Waals surface area contributed by atoms with E-state index in [4.69, 9.17) is 14.9 Å². The van der Waals surface area contributed by atoms with Crippen LogP contribution in [0.1, 0.15) is 6.92 Å². The van der Waals surface area contributed by atoms with Gasteiger partial charge in [0.25, 0.3) is 0 Å². The number of carbonyl (C=O) groups is 1. The predicted octanol–water partition coefficient (Wildman–Crippen LogP) is -1.17. The van der Waals surface area contributed by atoms with Gasteiger partial charge in [0.2, 0.25) is 0 Å². The summed E-state index contributed by atoms with van der Waals surface area (Å²) in [6.07, 6.45) is -3.12. The van der Waals surface area contributed by atoms with Crippen molar-refractivity contribution in [3.05, 3.63) is 0 Å². The summed E-state index contributed by atoms with van der Waals surface area (Å²) in [7, 11) is 0. The normalized spacial score (nSPS) is 39.3. The Kier molecular flexibility index (Phi) is 5.96. The Bertz CT molecular complexity index is 186. The molecule has 5 nitrogen and oxygen atoms in total. The smallest absolute Gasteiger partial charge is 0.335 e. The van der Waals surface area contributed by atoms with Gasteiger partial charge in [-0.15, -0.1) is 0 Å². The molecule has 6 heteroatoms. The maximum atomic E-state index is 10.5. The minimum absolute atomic E-state index is 0. The van der Waals surface area contributed by atoms with E-state index < -0.39 is 30.2 Å². The summed E-state index contributed by atoms with van der Waals surface area (Å²) >= 11 is 0. The van der Waals surface area contributed by atoms with Gasteiger partial charge in [0.15, 0.2) is 6.10 Å². The topological polar surface area (TPSA) is 87.0 Å². The molecule has 4 atom stereocenters. The molecule has 13 heavy (non-hydrogen) atoms. The molecule has 1 saturated heterocycles. The van der Waals surface area contributed by atoms with Crippen LogP contribution in [0.5, 0.6) is 0 Å². The van der Waals surface area contributed by atoms with Gasteiger partial charge in [-0.3, -0.25) is 0 Å². The minimum atomic E-state index is -1.21. The van der Waals surface area contributed by atoms with Crippen molar-refractivity contribution in [1.82, 2.24) is 0 Å². The van der Waals surface area contributed by atoms with Gasteiger partial charge in [-0.2, -0.15) is 0 Å². The summed E-state index contributed by atoms with van der Waals surface area (Å²) in [5, 5.41) is 27.0. The first-order valence-corrected chi connectivity index (χ1v) is 3.74. The summed E-state index contributed by atoms with van der Waals surface area (Å²) in [6.45, 7) is 1.56. The van der Waals surface area contributed by atoms with E-state index in [-0.39, 0.29) is 50.7 Å². The van der Waals surface area contributed by atoms with E-state index in [9.17, 15) is 9.90 Å². The van der Waals surface area contributed by atoms with Gasteiger partial charge in [-0.05, 0) is 0 Å². The van der Waals surface area contributed by atoms with Crippen molar-refractivity contribution in [2.45, 2.75) is 25.2 Å². The molecule has 1 radical (unpaired) electrons. The summed E-state index contributed by atoms with van der Waals surface area (Å²) in [4.78, 5) is 10.5. The fourth-order valence-corrected chi connectivity index (χ4v) is 1.17. The molecule has 3 unspecified atom stereocenters. The Morgan fingerprint density at radius 2 is 2.00 bits per heavy atom. The average molecular weight is 403 g/mol. The van der Waals surface area contributed by atoms with E-state index in [0.717, 1.165) is 0 Å². The van der Waals surface area contributed by atoms with Gasteiger partial charge in [0.05, 0.1) is 18.8 Å². The van der Waals surface area contributed by atoms with Crippen LogP contribution < -0.4 is 0 Å². The number of aliphatic carboxylic acids is 1. The Balaban J connectivity index is 0.00000144. The molecule has 0 bridgehead atoms. The van der Waals surface area contributed by atoms with Gasteiger partial charge in [-0.1, -0.05) is 6.92 Å². The Labute approximate surface area is 112 Å². The Morgan fingerprint density at radius 3 is 2.46 bits per heavy atom. The molecule has 0 aliphatic carbocycles. The number of carboxylic acid groups (broad SMARTS) is 1. The molecule has 0 aromatic rings. The zero-order valence-corrected chi connectivity index (χ0v) is 12.0. The van der Waals surface area contributed by atoms with Gasteiger partial charge in [0.1, 0.15) is 0 Å². The van der Waals surface area contributed by atoms with Crippen LogP contribution in [0.25, 0.3) is 0 Å². The van der Waals surface area contributed by atoms with Crippen molar-refractivity contribution in [2.75, 3.05) is 6.61 Å². The largest absolute Gasteiger partial charge is 0.479 e. The number of hydrogen-bond acceptors (Lipinski definition) is 4. The quantitative estimate of drug-likeness (QED) is 0.514. The summed E-state index contributed by atoms with van der Waals surface area (Å²) in [6, 6.07) is 0. The van der Waals surface area contributed by atoms with Crippen molar-refractivity contribution < 1.29 is 68.9 Å². The van der Waals surface area contributed by atoms with Crippen LogP contribution >= 0.6 is 0 Å². The first-order valence-electron chi connectivity index (χ1n) is 3.74. The second-order valence-electron chi connectivity index (χ2n) is 3.01. The first-order chi connectivity index (χ1) is 5.54. The molecule has 3 N–H and O–H groups in total. The SMILES string of the molecule is CC1C(O)COC(C(=O)O)[C@@H]1O.[Ac]. The van der Waals surface area contributed by atoms with Gasteiger partial charge in [0, 0.05) is 50.0 Å². The van der Waals surface area contributed by atoms with E-state index in [2.05, 4.69) is 0 Å². The van der Waals surface area contributed by atoms with Crippen LogP contribution in [0, 0.1) is 50.0 Å². The molecule has 0 saturated carbocycles. The zero-order valence-electron chi connectivity index (χ0n) is 7.25. The number of hydrogen-bond donors (Lipinski definition) is 3. The molecule has 0 aromatic carbocycles. The molecule has 1 aliphatic heterocycles. The molecular formula is C7H12AcO5. The maximum absolute atomic E-state index is 10.5. The molecule has 73 valence electrons. The predicted molar refractivity (Wildman–Crippen MR) is 38.6 cm³/mol. The minimum Gasteiger partial charge on any atom is -0.479 e. The molecule has 0 amide bonds. The third kappa shape index (κ3) is 3.14. The number of carboxylic acids is 1. The van der Waals surface area contributed by atoms with E-state index in [1.807, 2.05) is 0 Å². The third-order valence-corrected chi connectivity index (χ3v) is 2.15. The second-order valence-corrected chi connectivity index (χ2v) is 3.01.